The van der Waals surface area contributed by atoms with E-state index in [0.717, 1.165) is 21.3 Å². The average Bonchev–Trinajstić information content (AvgIpc) is 2.66. The van der Waals surface area contributed by atoms with E-state index in [0.29, 0.717) is 5.57 Å². The number of hydrogen-bond acceptors (Lipinski definition) is 2. The normalized spacial score (nSPS) is 11.3. The topological polar surface area (TPSA) is 41.6 Å². The number of benzene rings is 1. The van der Waals surface area contributed by atoms with Crippen molar-refractivity contribution in [1.82, 2.24) is 9.78 Å². The third-order valence-corrected chi connectivity index (χ3v) is 3.28. The van der Waals surface area contributed by atoms with E-state index in [1.807, 2.05) is 44.3 Å². The molecule has 90 valence electrons. The van der Waals surface area contributed by atoms with Gasteiger partial charge in [-0.25, -0.2) is 0 Å². The molecule has 0 amide bonds. The highest BCUT2D eigenvalue weighted by molar-refractivity contribution is 9.10. The smallest absolute Gasteiger partial charge is 0.0998 e. The first kappa shape index (κ1) is 12.6. The van der Waals surface area contributed by atoms with Crippen molar-refractivity contribution < 1.29 is 0 Å². The van der Waals surface area contributed by atoms with E-state index >= 15 is 0 Å². The number of halogens is 1. The number of aromatic nitrogens is 2. The van der Waals surface area contributed by atoms with E-state index in [4.69, 9.17) is 0 Å². The number of aryl methyl sites for hydroxylation is 2. The van der Waals surface area contributed by atoms with Gasteiger partial charge in [-0.15, -0.1) is 0 Å². The van der Waals surface area contributed by atoms with Gasteiger partial charge >= 0.3 is 0 Å². The summed E-state index contributed by atoms with van der Waals surface area (Å²) in [7, 11) is 1.85. The summed E-state index contributed by atoms with van der Waals surface area (Å²) in [5.41, 5.74) is 3.57. The van der Waals surface area contributed by atoms with E-state index < -0.39 is 0 Å². The molecule has 1 aromatic carbocycles. The number of nitrogens with zero attached hydrogens (tertiary/aromatic N) is 3. The predicted octanol–water partition coefficient (Wildman–Crippen LogP) is 3.56. The molecule has 0 unspecified atom stereocenters. The number of nitriles is 1. The van der Waals surface area contributed by atoms with Gasteiger partial charge < -0.3 is 0 Å². The van der Waals surface area contributed by atoms with Gasteiger partial charge in [-0.05, 0) is 34.5 Å². The van der Waals surface area contributed by atoms with Crippen LogP contribution in [0.2, 0.25) is 0 Å². The minimum atomic E-state index is 0.628. The second kappa shape index (κ2) is 5.19. The van der Waals surface area contributed by atoms with Gasteiger partial charge in [-0.1, -0.05) is 29.8 Å². The van der Waals surface area contributed by atoms with Crippen LogP contribution in [-0.2, 0) is 7.05 Å². The summed E-state index contributed by atoms with van der Waals surface area (Å²) in [6, 6.07) is 10.1. The summed E-state index contributed by atoms with van der Waals surface area (Å²) < 4.78 is 2.61. The number of hydrogen-bond donors (Lipinski definition) is 0. The maximum Gasteiger partial charge on any atom is 0.0998 e. The molecule has 0 aliphatic rings. The van der Waals surface area contributed by atoms with Crippen molar-refractivity contribution in [3.8, 4) is 6.07 Å². The van der Waals surface area contributed by atoms with E-state index in [1.54, 1.807) is 10.9 Å². The van der Waals surface area contributed by atoms with Crippen LogP contribution < -0.4 is 0 Å². The zero-order valence-corrected chi connectivity index (χ0v) is 11.8. The number of allylic oxidation sites excluding steroid dienone is 1. The van der Waals surface area contributed by atoms with Crippen LogP contribution in [-0.4, -0.2) is 9.78 Å². The van der Waals surface area contributed by atoms with Gasteiger partial charge in [0.1, 0.15) is 0 Å². The van der Waals surface area contributed by atoms with E-state index in [2.05, 4.69) is 27.1 Å². The van der Waals surface area contributed by atoms with Gasteiger partial charge in [0, 0.05) is 7.05 Å². The minimum Gasteiger partial charge on any atom is -0.267 e. The minimum absolute atomic E-state index is 0.628. The van der Waals surface area contributed by atoms with Crippen molar-refractivity contribution in [2.45, 2.75) is 6.92 Å². The molecule has 0 saturated carbocycles. The number of rotatable bonds is 2. The van der Waals surface area contributed by atoms with Crippen LogP contribution in [0.3, 0.4) is 0 Å². The molecule has 0 radical (unpaired) electrons. The Labute approximate surface area is 114 Å². The SMILES string of the molecule is Cc1cccc(/C(C#N)=C/c2c(Br)cnn2C)c1. The molecular formula is C14H12BrN3. The van der Waals surface area contributed by atoms with E-state index in [-0.39, 0.29) is 0 Å². The Morgan fingerprint density at radius 3 is 2.83 bits per heavy atom. The zero-order chi connectivity index (χ0) is 13.1. The summed E-state index contributed by atoms with van der Waals surface area (Å²) in [5, 5.41) is 13.4. The summed E-state index contributed by atoms with van der Waals surface area (Å²) in [6.45, 7) is 2.01. The molecule has 18 heavy (non-hydrogen) atoms. The Morgan fingerprint density at radius 1 is 1.50 bits per heavy atom. The van der Waals surface area contributed by atoms with Crippen molar-refractivity contribution in [2.24, 2.45) is 7.05 Å². The Bertz CT molecular complexity index is 628. The van der Waals surface area contributed by atoms with Gasteiger partial charge in [0.25, 0.3) is 0 Å². The predicted molar refractivity (Wildman–Crippen MR) is 75.6 cm³/mol. The Balaban J connectivity index is 2.51. The van der Waals surface area contributed by atoms with E-state index in [9.17, 15) is 5.26 Å². The van der Waals surface area contributed by atoms with Crippen molar-refractivity contribution in [1.29, 1.82) is 5.26 Å². The quantitative estimate of drug-likeness (QED) is 0.796. The van der Waals surface area contributed by atoms with Crippen LogP contribution in [0.15, 0.2) is 34.9 Å². The van der Waals surface area contributed by atoms with Crippen LogP contribution in [0, 0.1) is 18.3 Å². The standard InChI is InChI=1S/C14H12BrN3/c1-10-4-3-5-11(6-10)12(8-16)7-14-13(15)9-17-18(14)2/h3-7,9H,1-2H3/b12-7+. The second-order valence-corrected chi connectivity index (χ2v) is 4.89. The molecule has 2 rings (SSSR count). The Kier molecular flexibility index (Phi) is 3.63. The first-order valence-corrected chi connectivity index (χ1v) is 6.27. The Hall–Kier alpha value is -1.86. The van der Waals surface area contributed by atoms with Gasteiger partial charge in [-0.2, -0.15) is 10.4 Å². The maximum absolute atomic E-state index is 9.29. The molecule has 3 nitrogen and oxygen atoms in total. The first-order valence-electron chi connectivity index (χ1n) is 5.48. The zero-order valence-electron chi connectivity index (χ0n) is 10.2. The summed E-state index contributed by atoms with van der Waals surface area (Å²) >= 11 is 3.42. The molecule has 0 bridgehead atoms. The molecule has 1 heterocycles. The fraction of sp³-hybridized carbons (Fsp3) is 0.143. The van der Waals surface area contributed by atoms with Crippen LogP contribution in [0.5, 0.6) is 0 Å². The molecular weight excluding hydrogens is 290 g/mol. The highest BCUT2D eigenvalue weighted by atomic mass is 79.9. The molecule has 0 atom stereocenters. The highest BCUT2D eigenvalue weighted by Gasteiger charge is 2.07. The molecule has 4 heteroatoms. The van der Waals surface area contributed by atoms with Crippen molar-refractivity contribution in [3.63, 3.8) is 0 Å². The third kappa shape index (κ3) is 2.52. The van der Waals surface area contributed by atoms with Gasteiger partial charge in [-0.3, -0.25) is 4.68 Å². The molecule has 0 N–H and O–H groups in total. The molecule has 2 aromatic rings. The van der Waals surface area contributed by atoms with E-state index in [1.165, 1.54) is 0 Å². The van der Waals surface area contributed by atoms with Crippen LogP contribution >= 0.6 is 15.9 Å². The van der Waals surface area contributed by atoms with Gasteiger partial charge in [0.2, 0.25) is 0 Å². The average molecular weight is 302 g/mol. The lowest BCUT2D eigenvalue weighted by atomic mass is 10.0. The molecule has 0 aliphatic carbocycles. The van der Waals surface area contributed by atoms with Crippen molar-refractivity contribution in [3.05, 3.63) is 51.8 Å². The molecule has 0 fully saturated rings. The lowest BCUT2D eigenvalue weighted by Gasteiger charge is -2.02. The van der Waals surface area contributed by atoms with Gasteiger partial charge in [0.15, 0.2) is 0 Å². The lowest BCUT2D eigenvalue weighted by molar-refractivity contribution is 0.759. The van der Waals surface area contributed by atoms with Crippen molar-refractivity contribution in [2.75, 3.05) is 0 Å². The lowest BCUT2D eigenvalue weighted by Crippen LogP contribution is -1.94. The molecule has 0 spiro atoms. The van der Waals surface area contributed by atoms with Crippen LogP contribution in [0.1, 0.15) is 16.8 Å². The van der Waals surface area contributed by atoms with Gasteiger partial charge in [0.05, 0.1) is 28.0 Å². The third-order valence-electron chi connectivity index (χ3n) is 2.67. The Morgan fingerprint density at radius 2 is 2.28 bits per heavy atom. The molecule has 0 saturated heterocycles. The largest absolute Gasteiger partial charge is 0.267 e. The highest BCUT2D eigenvalue weighted by Crippen LogP contribution is 2.23. The summed E-state index contributed by atoms with van der Waals surface area (Å²) in [4.78, 5) is 0. The molecule has 1 aromatic heterocycles. The maximum atomic E-state index is 9.29. The van der Waals surface area contributed by atoms with Crippen molar-refractivity contribution >= 4 is 27.6 Å². The summed E-state index contributed by atoms with van der Waals surface area (Å²) in [5.74, 6) is 0. The fourth-order valence-electron chi connectivity index (χ4n) is 1.71. The first-order chi connectivity index (χ1) is 8.61. The molecule has 0 aliphatic heterocycles. The fourth-order valence-corrected chi connectivity index (χ4v) is 2.17. The van der Waals surface area contributed by atoms with Crippen LogP contribution in [0.25, 0.3) is 11.6 Å². The van der Waals surface area contributed by atoms with Crippen LogP contribution in [0.4, 0.5) is 0 Å². The second-order valence-electron chi connectivity index (χ2n) is 4.04. The summed E-state index contributed by atoms with van der Waals surface area (Å²) in [6.07, 6.45) is 3.56. The monoisotopic (exact) mass is 301 g/mol.